The molecule has 1 aliphatic rings. The molecule has 0 spiro atoms. The van der Waals surface area contributed by atoms with E-state index in [0.717, 1.165) is 24.5 Å². The highest BCUT2D eigenvalue weighted by Crippen LogP contribution is 2.25. The van der Waals surface area contributed by atoms with Crippen LogP contribution < -0.4 is 0 Å². The summed E-state index contributed by atoms with van der Waals surface area (Å²) >= 11 is 7.79. The Kier molecular flexibility index (Phi) is 3.83. The molecule has 2 aromatic rings. The van der Waals surface area contributed by atoms with E-state index in [9.17, 15) is 0 Å². The molecule has 0 saturated carbocycles. The first-order valence-electron chi connectivity index (χ1n) is 6.48. The Hall–Kier alpha value is -0.640. The monoisotopic (exact) mass is 280 g/mol. The van der Waals surface area contributed by atoms with Crippen LogP contribution in [0.4, 0.5) is 0 Å². The first-order chi connectivity index (χ1) is 8.85. The summed E-state index contributed by atoms with van der Waals surface area (Å²) in [6.07, 6.45) is 2.54. The van der Waals surface area contributed by atoms with Gasteiger partial charge in [0.2, 0.25) is 0 Å². The first-order valence-corrected chi connectivity index (χ1v) is 7.83. The van der Waals surface area contributed by atoms with E-state index in [1.54, 1.807) is 0 Å². The summed E-state index contributed by atoms with van der Waals surface area (Å²) in [5.74, 6) is 1.45. The second-order valence-corrected chi connectivity index (χ2v) is 6.40. The predicted octanol–water partition coefficient (Wildman–Crippen LogP) is 3.75. The Balaban J connectivity index is 1.71. The van der Waals surface area contributed by atoms with Crippen LogP contribution >= 0.6 is 22.9 Å². The van der Waals surface area contributed by atoms with E-state index in [1.807, 2.05) is 11.3 Å². The van der Waals surface area contributed by atoms with Gasteiger partial charge < -0.3 is 0 Å². The Bertz CT molecular complexity index is 492. The molecule has 3 rings (SSSR count). The molecule has 0 amide bonds. The van der Waals surface area contributed by atoms with E-state index >= 15 is 0 Å². The topological polar surface area (TPSA) is 16.1 Å². The number of alkyl halides is 1. The largest absolute Gasteiger partial charge is 0.296 e. The minimum Gasteiger partial charge on any atom is -0.296 e. The van der Waals surface area contributed by atoms with Gasteiger partial charge in [0.05, 0.1) is 16.8 Å². The van der Waals surface area contributed by atoms with Crippen LogP contribution in [0.2, 0.25) is 0 Å². The summed E-state index contributed by atoms with van der Waals surface area (Å²) in [6.45, 7) is 3.29. The Morgan fingerprint density at radius 2 is 2.28 bits per heavy atom. The van der Waals surface area contributed by atoms with E-state index < -0.39 is 0 Å². The fourth-order valence-corrected chi connectivity index (χ4v) is 3.86. The van der Waals surface area contributed by atoms with Gasteiger partial charge >= 0.3 is 0 Å². The molecule has 0 N–H and O–H groups in total. The van der Waals surface area contributed by atoms with Crippen LogP contribution in [0.25, 0.3) is 10.2 Å². The van der Waals surface area contributed by atoms with Crippen LogP contribution in [-0.2, 0) is 6.54 Å². The SMILES string of the molecule is ClCC1CCCN(Cc2nc3ccccc3s2)C1. The molecule has 1 fully saturated rings. The number of thiazole rings is 1. The van der Waals surface area contributed by atoms with Gasteiger partial charge in [-0.25, -0.2) is 4.98 Å². The lowest BCUT2D eigenvalue weighted by Crippen LogP contribution is -2.35. The zero-order valence-electron chi connectivity index (χ0n) is 10.3. The van der Waals surface area contributed by atoms with Crippen molar-refractivity contribution in [2.24, 2.45) is 5.92 Å². The number of hydrogen-bond acceptors (Lipinski definition) is 3. The summed E-state index contributed by atoms with van der Waals surface area (Å²) in [7, 11) is 0. The molecule has 1 aromatic carbocycles. The number of piperidine rings is 1. The molecule has 0 aliphatic carbocycles. The Labute approximate surface area is 117 Å². The van der Waals surface area contributed by atoms with Crippen LogP contribution in [0.1, 0.15) is 17.8 Å². The third kappa shape index (κ3) is 2.68. The Morgan fingerprint density at radius 1 is 1.39 bits per heavy atom. The maximum absolute atomic E-state index is 5.97. The maximum Gasteiger partial charge on any atom is 0.108 e. The van der Waals surface area contributed by atoms with Crippen LogP contribution in [0.15, 0.2) is 24.3 Å². The van der Waals surface area contributed by atoms with Gasteiger partial charge in [0, 0.05) is 12.4 Å². The molecule has 1 saturated heterocycles. The standard InChI is InChI=1S/C14H17ClN2S/c15-8-11-4-3-7-17(9-11)10-14-16-12-5-1-2-6-13(12)18-14/h1-2,5-6,11H,3-4,7-10H2. The second-order valence-electron chi connectivity index (χ2n) is 4.97. The number of likely N-dealkylation sites (tertiary alicyclic amines) is 1. The lowest BCUT2D eigenvalue weighted by Gasteiger charge is -2.30. The number of para-hydroxylation sites is 1. The second kappa shape index (κ2) is 5.55. The van der Waals surface area contributed by atoms with Crippen molar-refractivity contribution in [2.75, 3.05) is 19.0 Å². The average Bonchev–Trinajstić information content (AvgIpc) is 2.81. The number of halogens is 1. The summed E-state index contributed by atoms with van der Waals surface area (Å²) in [6, 6.07) is 8.37. The molecule has 2 heterocycles. The van der Waals surface area contributed by atoms with Crippen molar-refractivity contribution >= 4 is 33.2 Å². The molecular weight excluding hydrogens is 264 g/mol. The smallest absolute Gasteiger partial charge is 0.108 e. The third-order valence-electron chi connectivity index (χ3n) is 3.52. The fraction of sp³-hybridized carbons (Fsp3) is 0.500. The van der Waals surface area contributed by atoms with Gasteiger partial charge in [-0.1, -0.05) is 12.1 Å². The van der Waals surface area contributed by atoms with Gasteiger partial charge in [0.25, 0.3) is 0 Å². The number of hydrogen-bond donors (Lipinski definition) is 0. The molecule has 1 atom stereocenters. The van der Waals surface area contributed by atoms with Crippen LogP contribution in [0.5, 0.6) is 0 Å². The zero-order valence-corrected chi connectivity index (χ0v) is 11.9. The van der Waals surface area contributed by atoms with E-state index in [0.29, 0.717) is 5.92 Å². The van der Waals surface area contributed by atoms with Crippen molar-refractivity contribution in [3.63, 3.8) is 0 Å². The molecule has 1 aliphatic heterocycles. The average molecular weight is 281 g/mol. The maximum atomic E-state index is 5.97. The summed E-state index contributed by atoms with van der Waals surface area (Å²) < 4.78 is 1.29. The number of aromatic nitrogens is 1. The quantitative estimate of drug-likeness (QED) is 0.796. The first kappa shape index (κ1) is 12.4. The van der Waals surface area contributed by atoms with E-state index in [4.69, 9.17) is 16.6 Å². The van der Waals surface area contributed by atoms with Crippen molar-refractivity contribution in [3.05, 3.63) is 29.3 Å². The molecule has 1 aromatic heterocycles. The molecule has 0 bridgehead atoms. The van der Waals surface area contributed by atoms with Crippen molar-refractivity contribution in [2.45, 2.75) is 19.4 Å². The van der Waals surface area contributed by atoms with Gasteiger partial charge in [0.1, 0.15) is 5.01 Å². The van der Waals surface area contributed by atoms with Crippen molar-refractivity contribution in [3.8, 4) is 0 Å². The Morgan fingerprint density at radius 3 is 3.11 bits per heavy atom. The van der Waals surface area contributed by atoms with Crippen LogP contribution in [0, 0.1) is 5.92 Å². The molecule has 1 unspecified atom stereocenters. The fourth-order valence-electron chi connectivity index (χ4n) is 2.60. The van der Waals surface area contributed by atoms with Crippen molar-refractivity contribution in [1.29, 1.82) is 0 Å². The minimum atomic E-state index is 0.662. The van der Waals surface area contributed by atoms with Crippen LogP contribution in [-0.4, -0.2) is 28.9 Å². The molecule has 2 nitrogen and oxygen atoms in total. The third-order valence-corrected chi connectivity index (χ3v) is 4.98. The van der Waals surface area contributed by atoms with Crippen molar-refractivity contribution < 1.29 is 0 Å². The molecule has 18 heavy (non-hydrogen) atoms. The predicted molar refractivity (Wildman–Crippen MR) is 78.3 cm³/mol. The summed E-state index contributed by atoms with van der Waals surface area (Å²) in [5.41, 5.74) is 1.13. The van der Waals surface area contributed by atoms with Gasteiger partial charge in [0.15, 0.2) is 0 Å². The highest BCUT2D eigenvalue weighted by Gasteiger charge is 2.20. The van der Waals surface area contributed by atoms with Crippen molar-refractivity contribution in [1.82, 2.24) is 9.88 Å². The highest BCUT2D eigenvalue weighted by molar-refractivity contribution is 7.18. The number of benzene rings is 1. The van der Waals surface area contributed by atoms with Gasteiger partial charge in [-0.2, -0.15) is 0 Å². The van der Waals surface area contributed by atoms with Gasteiger partial charge in [-0.3, -0.25) is 4.90 Å². The summed E-state index contributed by atoms with van der Waals surface area (Å²) in [4.78, 5) is 7.20. The number of rotatable bonds is 3. The zero-order chi connectivity index (χ0) is 12.4. The summed E-state index contributed by atoms with van der Waals surface area (Å²) in [5, 5.41) is 1.23. The molecule has 4 heteroatoms. The van der Waals surface area contributed by atoms with Gasteiger partial charge in [-0.15, -0.1) is 22.9 Å². The number of fused-ring (bicyclic) bond motifs is 1. The van der Waals surface area contributed by atoms with E-state index in [2.05, 4.69) is 29.2 Å². The normalized spacial score (nSPS) is 21.5. The molecule has 0 radical (unpaired) electrons. The lowest BCUT2D eigenvalue weighted by molar-refractivity contribution is 0.178. The van der Waals surface area contributed by atoms with E-state index in [1.165, 1.54) is 29.1 Å². The van der Waals surface area contributed by atoms with E-state index in [-0.39, 0.29) is 0 Å². The number of nitrogens with zero attached hydrogens (tertiary/aromatic N) is 2. The molecular formula is C14H17ClN2S. The minimum absolute atomic E-state index is 0.662. The van der Waals surface area contributed by atoms with Crippen LogP contribution in [0.3, 0.4) is 0 Å². The lowest BCUT2D eigenvalue weighted by atomic mass is 10.0. The highest BCUT2D eigenvalue weighted by atomic mass is 35.5. The van der Waals surface area contributed by atoms with Gasteiger partial charge in [-0.05, 0) is 37.4 Å². The molecule has 96 valence electrons.